The van der Waals surface area contributed by atoms with Crippen molar-refractivity contribution < 1.29 is 5.11 Å². The van der Waals surface area contributed by atoms with Gasteiger partial charge in [-0.3, -0.25) is 9.36 Å². The molecule has 3 aromatic rings. The SMILES string of the molecule is CC(C)n1cc([C@@H]2CN(c3ccnc4c3cnn4C)C[C@H]2CO)cn1. The molecule has 7 heteroatoms. The van der Waals surface area contributed by atoms with Gasteiger partial charge in [-0.15, -0.1) is 0 Å². The number of nitrogens with zero attached hydrogens (tertiary/aromatic N) is 6. The van der Waals surface area contributed by atoms with Gasteiger partial charge in [-0.25, -0.2) is 4.98 Å². The summed E-state index contributed by atoms with van der Waals surface area (Å²) in [6.45, 7) is 6.11. The second kappa shape index (κ2) is 6.15. The summed E-state index contributed by atoms with van der Waals surface area (Å²) in [5.41, 5.74) is 3.22. The molecule has 4 heterocycles. The number of aromatic nitrogens is 5. The molecular weight excluding hydrogens is 316 g/mol. The minimum absolute atomic E-state index is 0.176. The number of aliphatic hydroxyl groups excluding tert-OH is 1. The molecule has 25 heavy (non-hydrogen) atoms. The second-order valence-corrected chi connectivity index (χ2v) is 7.14. The molecule has 0 bridgehead atoms. The summed E-state index contributed by atoms with van der Waals surface area (Å²) in [5.74, 6) is 0.474. The minimum atomic E-state index is 0.176. The van der Waals surface area contributed by atoms with Gasteiger partial charge in [-0.2, -0.15) is 10.2 Å². The largest absolute Gasteiger partial charge is 0.396 e. The van der Waals surface area contributed by atoms with Crippen molar-refractivity contribution in [3.63, 3.8) is 0 Å². The first-order valence-corrected chi connectivity index (χ1v) is 8.75. The van der Waals surface area contributed by atoms with Gasteiger partial charge in [0.05, 0.1) is 23.5 Å². The molecule has 1 saturated heterocycles. The number of aryl methyl sites for hydroxylation is 1. The van der Waals surface area contributed by atoms with Crippen LogP contribution in [0.2, 0.25) is 0 Å². The number of hydrogen-bond donors (Lipinski definition) is 1. The van der Waals surface area contributed by atoms with Gasteiger partial charge in [0.15, 0.2) is 5.65 Å². The van der Waals surface area contributed by atoms with E-state index in [-0.39, 0.29) is 18.4 Å². The molecule has 1 N–H and O–H groups in total. The van der Waals surface area contributed by atoms with Gasteiger partial charge in [0.2, 0.25) is 0 Å². The van der Waals surface area contributed by atoms with E-state index in [1.54, 1.807) is 4.68 Å². The Bertz CT molecular complexity index is 883. The van der Waals surface area contributed by atoms with E-state index >= 15 is 0 Å². The molecule has 0 amide bonds. The maximum atomic E-state index is 9.91. The third kappa shape index (κ3) is 2.68. The highest BCUT2D eigenvalue weighted by Gasteiger charge is 2.35. The molecule has 0 aliphatic carbocycles. The van der Waals surface area contributed by atoms with Gasteiger partial charge in [0.1, 0.15) is 0 Å². The first-order chi connectivity index (χ1) is 12.1. The Kier molecular flexibility index (Phi) is 3.95. The van der Waals surface area contributed by atoms with Crippen LogP contribution in [0.4, 0.5) is 5.69 Å². The first-order valence-electron chi connectivity index (χ1n) is 8.75. The van der Waals surface area contributed by atoms with Crippen LogP contribution in [0.5, 0.6) is 0 Å². The lowest BCUT2D eigenvalue weighted by Crippen LogP contribution is -2.20. The average Bonchev–Trinajstić information content (AvgIpc) is 3.32. The molecule has 0 aromatic carbocycles. The molecule has 1 fully saturated rings. The normalized spacial score (nSPS) is 20.9. The Labute approximate surface area is 146 Å². The van der Waals surface area contributed by atoms with Gasteiger partial charge in [0.25, 0.3) is 0 Å². The van der Waals surface area contributed by atoms with Crippen LogP contribution < -0.4 is 4.90 Å². The minimum Gasteiger partial charge on any atom is -0.396 e. The van der Waals surface area contributed by atoms with Gasteiger partial charge in [0, 0.05) is 57.0 Å². The molecular formula is C18H24N6O. The fraction of sp³-hybridized carbons (Fsp3) is 0.500. The molecule has 132 valence electrons. The second-order valence-electron chi connectivity index (χ2n) is 7.14. The molecule has 4 rings (SSSR count). The van der Waals surface area contributed by atoms with E-state index in [0.29, 0.717) is 6.04 Å². The quantitative estimate of drug-likeness (QED) is 0.786. The zero-order chi connectivity index (χ0) is 17.6. The zero-order valence-corrected chi connectivity index (χ0v) is 14.9. The summed E-state index contributed by atoms with van der Waals surface area (Å²) >= 11 is 0. The topological polar surface area (TPSA) is 72.0 Å². The standard InChI is InChI=1S/C18H24N6O/c1-12(2)24-9-13(6-21-24)16-10-23(8-14(16)11-25)17-4-5-19-18-15(17)7-20-22(18)3/h4-7,9,12,14,16,25H,8,10-11H2,1-3H3/t14-,16-/m0/s1. The van der Waals surface area contributed by atoms with E-state index in [9.17, 15) is 5.11 Å². The predicted molar refractivity (Wildman–Crippen MR) is 96.7 cm³/mol. The molecule has 0 radical (unpaired) electrons. The van der Waals surface area contributed by atoms with Crippen molar-refractivity contribution in [2.75, 3.05) is 24.6 Å². The van der Waals surface area contributed by atoms with Crippen LogP contribution in [0.3, 0.4) is 0 Å². The fourth-order valence-electron chi connectivity index (χ4n) is 3.77. The Morgan fingerprint density at radius 3 is 2.80 bits per heavy atom. The monoisotopic (exact) mass is 340 g/mol. The maximum absolute atomic E-state index is 9.91. The van der Waals surface area contributed by atoms with Crippen molar-refractivity contribution in [3.8, 4) is 0 Å². The fourth-order valence-corrected chi connectivity index (χ4v) is 3.77. The zero-order valence-electron chi connectivity index (χ0n) is 14.9. The summed E-state index contributed by atoms with van der Waals surface area (Å²) < 4.78 is 3.78. The number of pyridine rings is 1. The summed E-state index contributed by atoms with van der Waals surface area (Å²) in [6, 6.07) is 2.38. The highest BCUT2D eigenvalue weighted by molar-refractivity contribution is 5.89. The molecule has 2 atom stereocenters. The highest BCUT2D eigenvalue weighted by atomic mass is 16.3. The van der Waals surface area contributed by atoms with Crippen LogP contribution in [0.1, 0.15) is 31.4 Å². The molecule has 0 spiro atoms. The van der Waals surface area contributed by atoms with E-state index in [1.807, 2.05) is 36.4 Å². The summed E-state index contributed by atoms with van der Waals surface area (Å²) in [4.78, 5) is 6.76. The van der Waals surface area contributed by atoms with Crippen LogP contribution >= 0.6 is 0 Å². The van der Waals surface area contributed by atoms with Crippen LogP contribution in [0.15, 0.2) is 30.9 Å². The lowest BCUT2D eigenvalue weighted by Gasteiger charge is -2.19. The Morgan fingerprint density at radius 2 is 2.08 bits per heavy atom. The average molecular weight is 340 g/mol. The van der Waals surface area contributed by atoms with Crippen molar-refractivity contribution in [2.24, 2.45) is 13.0 Å². The van der Waals surface area contributed by atoms with Crippen LogP contribution in [0.25, 0.3) is 11.0 Å². The third-order valence-electron chi connectivity index (χ3n) is 5.21. The maximum Gasteiger partial charge on any atom is 0.159 e. The third-order valence-corrected chi connectivity index (χ3v) is 5.21. The first kappa shape index (κ1) is 16.1. The van der Waals surface area contributed by atoms with Crippen LogP contribution in [-0.4, -0.2) is 49.3 Å². The molecule has 3 aromatic heterocycles. The Balaban J connectivity index is 1.66. The van der Waals surface area contributed by atoms with Crippen molar-refractivity contribution >= 4 is 16.7 Å². The number of rotatable bonds is 4. The molecule has 0 saturated carbocycles. The molecule has 7 nitrogen and oxygen atoms in total. The van der Waals surface area contributed by atoms with Gasteiger partial charge in [-0.05, 0) is 25.5 Å². The Hall–Kier alpha value is -2.41. The lowest BCUT2D eigenvalue weighted by atomic mass is 9.92. The number of hydrogen-bond acceptors (Lipinski definition) is 5. The van der Waals surface area contributed by atoms with Crippen molar-refractivity contribution in [3.05, 3.63) is 36.4 Å². The number of anilines is 1. The van der Waals surface area contributed by atoms with E-state index < -0.39 is 0 Å². The van der Waals surface area contributed by atoms with E-state index in [2.05, 4.69) is 40.1 Å². The van der Waals surface area contributed by atoms with Gasteiger partial charge in [-0.1, -0.05) is 0 Å². The van der Waals surface area contributed by atoms with Gasteiger partial charge >= 0.3 is 0 Å². The van der Waals surface area contributed by atoms with E-state index in [1.165, 1.54) is 5.56 Å². The van der Waals surface area contributed by atoms with E-state index in [0.717, 1.165) is 29.8 Å². The van der Waals surface area contributed by atoms with Crippen molar-refractivity contribution in [1.82, 2.24) is 24.5 Å². The highest BCUT2D eigenvalue weighted by Crippen LogP contribution is 2.37. The Morgan fingerprint density at radius 1 is 1.24 bits per heavy atom. The predicted octanol–water partition coefficient (Wildman–Crippen LogP) is 1.96. The van der Waals surface area contributed by atoms with Crippen LogP contribution in [0, 0.1) is 5.92 Å². The summed E-state index contributed by atoms with van der Waals surface area (Å²) in [5, 5.41) is 19.8. The van der Waals surface area contributed by atoms with Crippen LogP contribution in [-0.2, 0) is 7.05 Å². The summed E-state index contributed by atoms with van der Waals surface area (Å²) in [6.07, 6.45) is 7.77. The van der Waals surface area contributed by atoms with Gasteiger partial charge < -0.3 is 10.0 Å². The number of aliphatic hydroxyl groups is 1. The summed E-state index contributed by atoms with van der Waals surface area (Å²) in [7, 11) is 1.91. The molecule has 0 unspecified atom stereocenters. The molecule has 1 aliphatic rings. The van der Waals surface area contributed by atoms with Crippen molar-refractivity contribution in [2.45, 2.75) is 25.8 Å². The van der Waals surface area contributed by atoms with Crippen molar-refractivity contribution in [1.29, 1.82) is 0 Å². The number of fused-ring (bicyclic) bond motifs is 1. The smallest absolute Gasteiger partial charge is 0.159 e. The molecule has 1 aliphatic heterocycles. The lowest BCUT2D eigenvalue weighted by molar-refractivity contribution is 0.227. The van der Waals surface area contributed by atoms with E-state index in [4.69, 9.17) is 0 Å².